The van der Waals surface area contributed by atoms with E-state index in [2.05, 4.69) is 25.4 Å². The third kappa shape index (κ3) is 2.77. The lowest BCUT2D eigenvalue weighted by Gasteiger charge is -2.22. The Hall–Kier alpha value is -3.49. The molecule has 2 saturated heterocycles. The number of hydrogen-bond acceptors (Lipinski definition) is 7. The van der Waals surface area contributed by atoms with E-state index in [0.717, 1.165) is 11.4 Å². The highest BCUT2D eigenvalue weighted by molar-refractivity contribution is 5.71. The Kier molecular flexibility index (Phi) is 3.70. The highest BCUT2D eigenvalue weighted by Crippen LogP contribution is 2.30. The van der Waals surface area contributed by atoms with Crippen LogP contribution in [-0.4, -0.2) is 61.4 Å². The zero-order chi connectivity index (χ0) is 18.2. The first kappa shape index (κ1) is 15.7. The molecule has 2 fully saturated rings. The van der Waals surface area contributed by atoms with Crippen LogP contribution in [0.1, 0.15) is 5.69 Å². The summed E-state index contributed by atoms with van der Waals surface area (Å²) in [5.74, 6) is 0.643. The third-order valence-electron chi connectivity index (χ3n) is 4.92. The molecule has 0 saturated carbocycles. The Labute approximate surface area is 155 Å². The number of benzene rings is 1. The molecule has 0 N–H and O–H groups in total. The Bertz CT molecular complexity index is 947. The molecule has 2 aliphatic heterocycles. The first-order chi connectivity index (χ1) is 13.3. The van der Waals surface area contributed by atoms with Crippen LogP contribution in [0, 0.1) is 0 Å². The van der Waals surface area contributed by atoms with E-state index in [1.54, 1.807) is 15.8 Å². The van der Waals surface area contributed by atoms with Crippen molar-refractivity contribution in [2.24, 2.45) is 0 Å². The van der Waals surface area contributed by atoms with Crippen molar-refractivity contribution in [3.05, 3.63) is 60.4 Å². The molecule has 2 atom stereocenters. The smallest absolute Gasteiger partial charge is 0.410 e. The number of rotatable bonds is 4. The van der Waals surface area contributed by atoms with Gasteiger partial charge in [-0.1, -0.05) is 29.4 Å². The molecule has 2 aromatic heterocycles. The highest BCUT2D eigenvalue weighted by Gasteiger charge is 2.48. The van der Waals surface area contributed by atoms with Gasteiger partial charge in [0, 0.05) is 12.7 Å². The second kappa shape index (κ2) is 6.35. The fourth-order valence-electron chi connectivity index (χ4n) is 3.63. The highest BCUT2D eigenvalue weighted by atomic mass is 16.6. The van der Waals surface area contributed by atoms with Gasteiger partial charge in [0.2, 0.25) is 0 Å². The summed E-state index contributed by atoms with van der Waals surface area (Å²) in [5.41, 5.74) is 1.72. The van der Waals surface area contributed by atoms with Crippen LogP contribution in [0.2, 0.25) is 0 Å². The van der Waals surface area contributed by atoms with E-state index in [1.165, 1.54) is 0 Å². The molecular weight excluding hydrogens is 346 g/mol. The van der Waals surface area contributed by atoms with Gasteiger partial charge in [-0.05, 0) is 34.7 Å². The molecule has 27 heavy (non-hydrogen) atoms. The normalized spacial score (nSPS) is 21.4. The molecule has 2 unspecified atom stereocenters. The first-order valence-electron chi connectivity index (χ1n) is 8.75. The van der Waals surface area contributed by atoms with Crippen LogP contribution in [0.15, 0.2) is 54.7 Å². The lowest BCUT2D eigenvalue weighted by molar-refractivity contribution is 0.135. The van der Waals surface area contributed by atoms with E-state index < -0.39 is 0 Å². The van der Waals surface area contributed by atoms with Crippen molar-refractivity contribution in [3.8, 4) is 5.69 Å². The van der Waals surface area contributed by atoms with E-state index in [9.17, 15) is 4.79 Å². The molecule has 5 rings (SSSR count). The largest absolute Gasteiger partial charge is 0.442 e. The molecule has 0 spiro atoms. The minimum Gasteiger partial charge on any atom is -0.442 e. The molecule has 9 nitrogen and oxygen atoms in total. The Morgan fingerprint density at radius 1 is 1.07 bits per heavy atom. The number of fused-ring (bicyclic) bond motifs is 1. The standard InChI is InChI=1S/C18H17N7O2/c26-18-24(10-13-6-4-5-9-19-13)15-11-23(12-16(15)27-18)17-20-21-22-25(17)14-7-2-1-3-8-14/h1-9,15-16H,10-12H2. The van der Waals surface area contributed by atoms with Crippen LogP contribution in [0.4, 0.5) is 10.7 Å². The van der Waals surface area contributed by atoms with E-state index in [4.69, 9.17) is 4.74 Å². The molecule has 0 bridgehead atoms. The average Bonchev–Trinajstić information content (AvgIpc) is 3.40. The number of amides is 1. The van der Waals surface area contributed by atoms with Gasteiger partial charge in [-0.15, -0.1) is 0 Å². The minimum absolute atomic E-state index is 0.0552. The molecule has 4 heterocycles. The summed E-state index contributed by atoms with van der Waals surface area (Å²) in [7, 11) is 0. The van der Waals surface area contributed by atoms with Crippen molar-refractivity contribution >= 4 is 12.0 Å². The molecule has 1 aromatic carbocycles. The SMILES string of the molecule is O=C1OC2CN(c3nnnn3-c3ccccc3)CC2N1Cc1ccccn1. The Morgan fingerprint density at radius 3 is 2.74 bits per heavy atom. The van der Waals surface area contributed by atoms with E-state index in [0.29, 0.717) is 25.6 Å². The van der Waals surface area contributed by atoms with Gasteiger partial charge in [0.1, 0.15) is 6.10 Å². The van der Waals surface area contributed by atoms with Gasteiger partial charge in [0.15, 0.2) is 0 Å². The number of tetrazole rings is 1. The molecule has 0 aliphatic carbocycles. The van der Waals surface area contributed by atoms with E-state index >= 15 is 0 Å². The summed E-state index contributed by atoms with van der Waals surface area (Å²) in [4.78, 5) is 20.4. The fourth-order valence-corrected chi connectivity index (χ4v) is 3.63. The fraction of sp³-hybridized carbons (Fsp3) is 0.278. The van der Waals surface area contributed by atoms with Gasteiger partial charge >= 0.3 is 6.09 Å². The number of aromatic nitrogens is 5. The van der Waals surface area contributed by atoms with Crippen LogP contribution < -0.4 is 4.90 Å². The maximum Gasteiger partial charge on any atom is 0.410 e. The number of pyridine rings is 1. The number of ether oxygens (including phenoxy) is 1. The van der Waals surface area contributed by atoms with Gasteiger partial charge in [-0.3, -0.25) is 9.88 Å². The van der Waals surface area contributed by atoms with Gasteiger partial charge in [0.25, 0.3) is 5.95 Å². The third-order valence-corrected chi connectivity index (χ3v) is 4.92. The molecule has 1 amide bonds. The van der Waals surface area contributed by atoms with Crippen molar-refractivity contribution in [1.29, 1.82) is 0 Å². The predicted octanol–water partition coefficient (Wildman–Crippen LogP) is 1.27. The Morgan fingerprint density at radius 2 is 1.93 bits per heavy atom. The summed E-state index contributed by atoms with van der Waals surface area (Å²) >= 11 is 0. The van der Waals surface area contributed by atoms with Crippen LogP contribution in [0.5, 0.6) is 0 Å². The number of carbonyl (C=O) groups is 1. The Balaban J connectivity index is 1.38. The lowest BCUT2D eigenvalue weighted by atomic mass is 10.2. The quantitative estimate of drug-likeness (QED) is 0.689. The molecular formula is C18H17N7O2. The number of para-hydroxylation sites is 1. The summed E-state index contributed by atoms with van der Waals surface area (Å²) in [6.07, 6.45) is 1.23. The topological polar surface area (TPSA) is 89.3 Å². The van der Waals surface area contributed by atoms with Gasteiger partial charge in [0.05, 0.1) is 30.5 Å². The lowest BCUT2D eigenvalue weighted by Crippen LogP contribution is -2.38. The van der Waals surface area contributed by atoms with Crippen LogP contribution in [0.3, 0.4) is 0 Å². The maximum atomic E-state index is 12.3. The number of hydrogen-bond donors (Lipinski definition) is 0. The predicted molar refractivity (Wildman–Crippen MR) is 95.2 cm³/mol. The summed E-state index contributed by atoms with van der Waals surface area (Å²) in [6, 6.07) is 15.3. The second-order valence-corrected chi connectivity index (χ2v) is 6.57. The molecule has 0 radical (unpaired) electrons. The number of anilines is 1. The molecule has 3 aromatic rings. The van der Waals surface area contributed by atoms with E-state index in [1.807, 2.05) is 48.5 Å². The van der Waals surface area contributed by atoms with E-state index in [-0.39, 0.29) is 18.2 Å². The van der Waals surface area contributed by atoms with Gasteiger partial charge in [-0.2, -0.15) is 4.68 Å². The van der Waals surface area contributed by atoms with Crippen molar-refractivity contribution in [3.63, 3.8) is 0 Å². The molecule has 136 valence electrons. The van der Waals surface area contributed by atoms with Crippen LogP contribution >= 0.6 is 0 Å². The van der Waals surface area contributed by atoms with Gasteiger partial charge in [-0.25, -0.2) is 4.79 Å². The zero-order valence-electron chi connectivity index (χ0n) is 14.4. The summed E-state index contributed by atoms with van der Waals surface area (Å²) in [5, 5.41) is 12.1. The van der Waals surface area contributed by atoms with Crippen molar-refractivity contribution in [2.45, 2.75) is 18.7 Å². The van der Waals surface area contributed by atoms with Crippen LogP contribution in [-0.2, 0) is 11.3 Å². The monoisotopic (exact) mass is 363 g/mol. The van der Waals surface area contributed by atoms with Gasteiger partial charge < -0.3 is 9.64 Å². The number of nitrogens with zero attached hydrogens (tertiary/aromatic N) is 7. The minimum atomic E-state index is -0.294. The zero-order valence-corrected chi connectivity index (χ0v) is 14.4. The molecule has 2 aliphatic rings. The average molecular weight is 363 g/mol. The second-order valence-electron chi connectivity index (χ2n) is 6.57. The maximum absolute atomic E-state index is 12.3. The van der Waals surface area contributed by atoms with Crippen molar-refractivity contribution in [1.82, 2.24) is 30.1 Å². The summed E-state index contributed by atoms with van der Waals surface area (Å²) < 4.78 is 7.28. The first-order valence-corrected chi connectivity index (χ1v) is 8.75. The van der Waals surface area contributed by atoms with Crippen LogP contribution in [0.25, 0.3) is 5.69 Å². The van der Waals surface area contributed by atoms with Crippen molar-refractivity contribution < 1.29 is 9.53 Å². The molecule has 9 heteroatoms. The van der Waals surface area contributed by atoms with Crippen molar-refractivity contribution in [2.75, 3.05) is 18.0 Å². The summed E-state index contributed by atoms with van der Waals surface area (Å²) in [6.45, 7) is 1.59. The number of carbonyl (C=O) groups excluding carboxylic acids is 1.